The number of nitrogens with one attached hydrogen (secondary N) is 3. The molecular weight excluding hydrogens is 422 g/mol. The van der Waals surface area contributed by atoms with E-state index in [2.05, 4.69) is 20.9 Å². The molecule has 1 aliphatic rings. The number of pyridine rings is 1. The summed E-state index contributed by atoms with van der Waals surface area (Å²) in [6, 6.07) is 18.7. The summed E-state index contributed by atoms with van der Waals surface area (Å²) < 4.78 is 0. The summed E-state index contributed by atoms with van der Waals surface area (Å²) in [5.74, 6) is -0.530. The van der Waals surface area contributed by atoms with E-state index in [0.29, 0.717) is 34.9 Å². The van der Waals surface area contributed by atoms with Crippen LogP contribution in [0.25, 0.3) is 10.9 Å². The van der Waals surface area contributed by atoms with Gasteiger partial charge in [-0.15, -0.1) is 11.3 Å². The standard InChI is InChI=1S/C24H21N5O2S/c25-17-6-2-4-8-19(17)29-24(31)22-11-20-21(32-22)10-15(12-26-20)23(30)28-16-9-14-5-1-3-7-18(14)27-13-16/h1-9,11,13,15,26H,10,12,25H2,(H,28,30)(H,29,31). The third kappa shape index (κ3) is 4.00. The quantitative estimate of drug-likeness (QED) is 0.351. The van der Waals surface area contributed by atoms with E-state index in [9.17, 15) is 9.59 Å². The fraction of sp³-hybridized carbons (Fsp3) is 0.125. The average molecular weight is 444 g/mol. The van der Waals surface area contributed by atoms with Gasteiger partial charge in [0.05, 0.1) is 39.6 Å². The molecule has 3 heterocycles. The summed E-state index contributed by atoms with van der Waals surface area (Å²) in [6.45, 7) is 0.503. The number of nitrogen functional groups attached to an aromatic ring is 1. The molecule has 2 amide bonds. The highest BCUT2D eigenvalue weighted by atomic mass is 32.1. The van der Waals surface area contributed by atoms with Gasteiger partial charge in [-0.05, 0) is 36.8 Å². The third-order valence-electron chi connectivity index (χ3n) is 5.44. The number of thiophene rings is 1. The average Bonchev–Trinajstić information content (AvgIpc) is 3.24. The van der Waals surface area contributed by atoms with Crippen LogP contribution in [0.1, 0.15) is 14.5 Å². The zero-order chi connectivity index (χ0) is 22.1. The van der Waals surface area contributed by atoms with Crippen LogP contribution < -0.4 is 21.7 Å². The van der Waals surface area contributed by atoms with Gasteiger partial charge in [-0.2, -0.15) is 0 Å². The van der Waals surface area contributed by atoms with E-state index in [1.165, 1.54) is 11.3 Å². The molecule has 0 spiro atoms. The van der Waals surface area contributed by atoms with Crippen molar-refractivity contribution >= 4 is 56.8 Å². The molecule has 4 aromatic rings. The van der Waals surface area contributed by atoms with E-state index in [4.69, 9.17) is 5.73 Å². The summed E-state index contributed by atoms with van der Waals surface area (Å²) >= 11 is 1.39. The zero-order valence-corrected chi connectivity index (χ0v) is 17.9. The van der Waals surface area contributed by atoms with E-state index in [1.807, 2.05) is 48.5 Å². The Morgan fingerprint density at radius 1 is 1.06 bits per heavy atom. The number of carbonyl (C=O) groups excluding carboxylic acids is 2. The van der Waals surface area contributed by atoms with Gasteiger partial charge in [0, 0.05) is 22.5 Å². The maximum atomic E-state index is 12.9. The number of amides is 2. The van der Waals surface area contributed by atoms with Crippen LogP contribution in [0.5, 0.6) is 0 Å². The number of nitrogens with two attached hydrogens (primary N) is 1. The lowest BCUT2D eigenvalue weighted by molar-refractivity contribution is -0.119. The van der Waals surface area contributed by atoms with Gasteiger partial charge in [-0.3, -0.25) is 14.6 Å². The first kappa shape index (κ1) is 20.0. The van der Waals surface area contributed by atoms with Crippen LogP contribution in [-0.2, 0) is 11.2 Å². The van der Waals surface area contributed by atoms with Gasteiger partial charge < -0.3 is 21.7 Å². The highest BCUT2D eigenvalue weighted by molar-refractivity contribution is 7.14. The third-order valence-corrected chi connectivity index (χ3v) is 6.60. The molecule has 0 aliphatic carbocycles. The minimum Gasteiger partial charge on any atom is -0.397 e. The largest absolute Gasteiger partial charge is 0.397 e. The van der Waals surface area contributed by atoms with Gasteiger partial charge in [0.25, 0.3) is 5.91 Å². The molecule has 1 unspecified atom stereocenters. The second-order valence-electron chi connectivity index (χ2n) is 7.68. The topological polar surface area (TPSA) is 109 Å². The molecule has 0 saturated carbocycles. The Morgan fingerprint density at radius 3 is 2.75 bits per heavy atom. The van der Waals surface area contributed by atoms with Gasteiger partial charge in [0.2, 0.25) is 5.91 Å². The van der Waals surface area contributed by atoms with Crippen molar-refractivity contribution in [1.29, 1.82) is 0 Å². The van der Waals surface area contributed by atoms with Crippen LogP contribution in [-0.4, -0.2) is 23.3 Å². The van der Waals surface area contributed by atoms with Crippen LogP contribution >= 0.6 is 11.3 Å². The minimum atomic E-state index is -0.242. The Balaban J connectivity index is 1.27. The Morgan fingerprint density at radius 2 is 1.88 bits per heavy atom. The lowest BCUT2D eigenvalue weighted by atomic mass is 9.99. The van der Waals surface area contributed by atoms with Crippen molar-refractivity contribution in [3.05, 3.63) is 76.6 Å². The number of hydrogen-bond donors (Lipinski definition) is 4. The van der Waals surface area contributed by atoms with E-state index >= 15 is 0 Å². The number of para-hydroxylation sites is 3. The van der Waals surface area contributed by atoms with E-state index in [1.54, 1.807) is 18.3 Å². The first-order valence-electron chi connectivity index (χ1n) is 10.2. The first-order valence-corrected chi connectivity index (χ1v) is 11.1. The fourth-order valence-electron chi connectivity index (χ4n) is 3.73. The fourth-order valence-corrected chi connectivity index (χ4v) is 4.85. The zero-order valence-electron chi connectivity index (χ0n) is 17.1. The lowest BCUT2D eigenvalue weighted by Gasteiger charge is -2.22. The maximum absolute atomic E-state index is 12.9. The first-order chi connectivity index (χ1) is 15.6. The van der Waals surface area contributed by atoms with Gasteiger partial charge in [-0.1, -0.05) is 30.3 Å². The second kappa shape index (κ2) is 8.32. The molecule has 5 rings (SSSR count). The molecule has 2 aromatic heterocycles. The molecule has 7 nitrogen and oxygen atoms in total. The number of anilines is 4. The maximum Gasteiger partial charge on any atom is 0.265 e. The Hall–Kier alpha value is -3.91. The van der Waals surface area contributed by atoms with Crippen LogP contribution in [0, 0.1) is 5.92 Å². The monoisotopic (exact) mass is 443 g/mol. The number of benzene rings is 2. The van der Waals surface area contributed by atoms with Crippen molar-refractivity contribution in [2.24, 2.45) is 5.92 Å². The highest BCUT2D eigenvalue weighted by Gasteiger charge is 2.27. The molecule has 1 aliphatic heterocycles. The molecule has 1 atom stereocenters. The number of hydrogen-bond acceptors (Lipinski definition) is 6. The number of aromatic nitrogens is 1. The van der Waals surface area contributed by atoms with Crippen molar-refractivity contribution in [3.63, 3.8) is 0 Å². The normalized spacial score (nSPS) is 14.9. The SMILES string of the molecule is Nc1ccccc1NC(=O)c1cc2c(s1)CC(C(=O)Nc1cnc3ccccc3c1)CN2. The summed E-state index contributed by atoms with van der Waals surface area (Å²) in [5.41, 5.74) is 9.47. The molecule has 0 radical (unpaired) electrons. The Bertz CT molecular complexity index is 1330. The molecule has 160 valence electrons. The molecule has 8 heteroatoms. The van der Waals surface area contributed by atoms with Gasteiger partial charge in [-0.25, -0.2) is 0 Å². The van der Waals surface area contributed by atoms with E-state index in [0.717, 1.165) is 21.5 Å². The van der Waals surface area contributed by atoms with E-state index < -0.39 is 0 Å². The predicted octanol–water partition coefficient (Wildman–Crippen LogP) is 4.35. The predicted molar refractivity (Wildman–Crippen MR) is 129 cm³/mol. The molecule has 0 saturated heterocycles. The number of nitrogens with zero attached hydrogens (tertiary/aromatic N) is 1. The molecular formula is C24H21N5O2S. The van der Waals surface area contributed by atoms with Crippen LogP contribution in [0.4, 0.5) is 22.7 Å². The summed E-state index contributed by atoms with van der Waals surface area (Å²) in [7, 11) is 0. The molecule has 0 bridgehead atoms. The smallest absolute Gasteiger partial charge is 0.265 e. The molecule has 2 aromatic carbocycles. The molecule has 0 fully saturated rings. The summed E-state index contributed by atoms with van der Waals surface area (Å²) in [5, 5.41) is 10.1. The number of carbonyl (C=O) groups is 2. The van der Waals surface area contributed by atoms with Gasteiger partial charge >= 0.3 is 0 Å². The molecule has 5 N–H and O–H groups in total. The highest BCUT2D eigenvalue weighted by Crippen LogP contribution is 2.34. The van der Waals surface area contributed by atoms with Crippen molar-refractivity contribution in [3.8, 4) is 0 Å². The van der Waals surface area contributed by atoms with Crippen molar-refractivity contribution in [2.75, 3.05) is 28.2 Å². The second-order valence-corrected chi connectivity index (χ2v) is 8.81. The summed E-state index contributed by atoms with van der Waals surface area (Å²) in [4.78, 5) is 31.5. The minimum absolute atomic E-state index is 0.0725. The number of fused-ring (bicyclic) bond motifs is 2. The molecule has 32 heavy (non-hydrogen) atoms. The lowest BCUT2D eigenvalue weighted by Crippen LogP contribution is -2.33. The van der Waals surface area contributed by atoms with Gasteiger partial charge in [0.1, 0.15) is 0 Å². The summed E-state index contributed by atoms with van der Waals surface area (Å²) in [6.07, 6.45) is 2.24. The van der Waals surface area contributed by atoms with Crippen molar-refractivity contribution < 1.29 is 9.59 Å². The van der Waals surface area contributed by atoms with Crippen molar-refractivity contribution in [2.45, 2.75) is 6.42 Å². The van der Waals surface area contributed by atoms with Crippen LogP contribution in [0.3, 0.4) is 0 Å². The number of rotatable bonds is 4. The van der Waals surface area contributed by atoms with Gasteiger partial charge in [0.15, 0.2) is 0 Å². The van der Waals surface area contributed by atoms with E-state index in [-0.39, 0.29) is 17.7 Å². The van der Waals surface area contributed by atoms with Crippen LogP contribution in [0.15, 0.2) is 66.9 Å². The Labute approximate surface area is 188 Å². The van der Waals surface area contributed by atoms with Crippen molar-refractivity contribution in [1.82, 2.24) is 4.98 Å². The Kier molecular flexibility index (Phi) is 5.20. The van der Waals surface area contributed by atoms with Crippen LogP contribution in [0.2, 0.25) is 0 Å².